The molecule has 5 rings (SSSR count). The monoisotopic (exact) mass is 463 g/mol. The summed E-state index contributed by atoms with van der Waals surface area (Å²) < 4.78 is 28.6. The van der Waals surface area contributed by atoms with E-state index in [1.54, 1.807) is 23.5 Å². The first-order valence-corrected chi connectivity index (χ1v) is 12.6. The van der Waals surface area contributed by atoms with E-state index in [-0.39, 0.29) is 22.4 Å². The van der Waals surface area contributed by atoms with Crippen molar-refractivity contribution < 1.29 is 13.2 Å². The Hall–Kier alpha value is -3.07. The number of hydrogen-bond acceptors (Lipinski definition) is 5. The average molecular weight is 464 g/mol. The molecule has 1 fully saturated rings. The van der Waals surface area contributed by atoms with Crippen LogP contribution in [0.1, 0.15) is 28.8 Å². The maximum Gasteiger partial charge on any atom is 0.255 e. The zero-order valence-corrected chi connectivity index (χ0v) is 19.0. The van der Waals surface area contributed by atoms with Gasteiger partial charge in [-0.2, -0.15) is 0 Å². The van der Waals surface area contributed by atoms with Crippen molar-refractivity contribution in [2.24, 2.45) is 0 Å². The van der Waals surface area contributed by atoms with E-state index >= 15 is 0 Å². The van der Waals surface area contributed by atoms with Crippen LogP contribution in [0.15, 0.2) is 71.6 Å². The van der Waals surface area contributed by atoms with E-state index in [0.29, 0.717) is 5.69 Å². The standard InChI is InChI=1S/C24H21N3O3S2/c1-15-5-12-21-22(13-15)31-24(26-21)16-6-8-18(9-7-16)25-23(28)17-3-2-4-20(14-17)32(29,30)27-19-10-11-19/h2-9,12-14,19,27H,10-11H2,1H3,(H,25,28). The fourth-order valence-corrected chi connectivity index (χ4v) is 5.77. The maximum atomic E-state index is 12.7. The van der Waals surface area contributed by atoms with Crippen molar-refractivity contribution in [2.75, 3.05) is 5.32 Å². The Bertz CT molecular complexity index is 1420. The molecule has 0 saturated heterocycles. The number of carbonyl (C=O) groups excluding carboxylic acids is 1. The van der Waals surface area contributed by atoms with Crippen molar-refractivity contribution >= 4 is 43.2 Å². The first kappa shape index (κ1) is 20.8. The molecule has 0 radical (unpaired) electrons. The van der Waals surface area contributed by atoms with E-state index < -0.39 is 10.0 Å². The largest absolute Gasteiger partial charge is 0.322 e. The first-order valence-electron chi connectivity index (χ1n) is 10.3. The van der Waals surface area contributed by atoms with Crippen molar-refractivity contribution in [3.8, 4) is 10.6 Å². The highest BCUT2D eigenvalue weighted by atomic mass is 32.2. The van der Waals surface area contributed by atoms with Gasteiger partial charge in [0.05, 0.1) is 15.1 Å². The summed E-state index contributed by atoms with van der Waals surface area (Å²) in [6, 6.07) is 19.8. The van der Waals surface area contributed by atoms with Crippen LogP contribution >= 0.6 is 11.3 Å². The average Bonchev–Trinajstić information content (AvgIpc) is 3.48. The molecule has 3 aromatic carbocycles. The molecule has 8 heteroatoms. The first-order chi connectivity index (χ1) is 15.4. The highest BCUT2D eigenvalue weighted by Crippen LogP contribution is 2.31. The molecule has 6 nitrogen and oxygen atoms in total. The van der Waals surface area contributed by atoms with E-state index in [9.17, 15) is 13.2 Å². The van der Waals surface area contributed by atoms with Crippen molar-refractivity contribution in [3.63, 3.8) is 0 Å². The number of hydrogen-bond donors (Lipinski definition) is 2. The summed E-state index contributed by atoms with van der Waals surface area (Å²) in [7, 11) is -3.61. The molecule has 1 saturated carbocycles. The predicted octanol–water partition coefficient (Wildman–Crippen LogP) is 4.96. The Kier molecular flexibility index (Phi) is 5.28. The lowest BCUT2D eigenvalue weighted by Gasteiger charge is -2.09. The van der Waals surface area contributed by atoms with Gasteiger partial charge in [-0.05, 0) is 79.9 Å². The Morgan fingerprint density at radius 3 is 2.56 bits per heavy atom. The molecular formula is C24H21N3O3S2. The van der Waals surface area contributed by atoms with Gasteiger partial charge in [-0.15, -0.1) is 11.3 Å². The second-order valence-corrected chi connectivity index (χ2v) is 10.7. The van der Waals surface area contributed by atoms with Gasteiger partial charge < -0.3 is 5.32 Å². The van der Waals surface area contributed by atoms with Crippen LogP contribution in [0.2, 0.25) is 0 Å². The number of carbonyl (C=O) groups is 1. The maximum absolute atomic E-state index is 12.7. The van der Waals surface area contributed by atoms with Crippen molar-refractivity contribution in [1.29, 1.82) is 0 Å². The smallest absolute Gasteiger partial charge is 0.255 e. The number of anilines is 1. The quantitative estimate of drug-likeness (QED) is 0.423. The van der Waals surface area contributed by atoms with Crippen LogP contribution in [0.5, 0.6) is 0 Å². The predicted molar refractivity (Wildman–Crippen MR) is 128 cm³/mol. The number of nitrogens with zero attached hydrogens (tertiary/aromatic N) is 1. The fraction of sp³-hybridized carbons (Fsp3) is 0.167. The zero-order chi connectivity index (χ0) is 22.3. The van der Waals surface area contributed by atoms with Crippen LogP contribution in [0.3, 0.4) is 0 Å². The molecule has 1 aromatic heterocycles. The van der Waals surface area contributed by atoms with Crippen LogP contribution in [0.4, 0.5) is 5.69 Å². The molecule has 32 heavy (non-hydrogen) atoms. The molecule has 0 aliphatic heterocycles. The van der Waals surface area contributed by atoms with Crippen LogP contribution in [0.25, 0.3) is 20.8 Å². The van der Waals surface area contributed by atoms with Gasteiger partial charge in [0.25, 0.3) is 5.91 Å². The molecule has 162 valence electrons. The molecule has 1 aliphatic carbocycles. The zero-order valence-electron chi connectivity index (χ0n) is 17.3. The summed E-state index contributed by atoms with van der Waals surface area (Å²) in [5.41, 5.74) is 4.06. The number of thiazole rings is 1. The summed E-state index contributed by atoms with van der Waals surface area (Å²) in [5.74, 6) is -0.364. The van der Waals surface area contributed by atoms with Crippen LogP contribution in [0, 0.1) is 6.92 Å². The Morgan fingerprint density at radius 2 is 1.81 bits per heavy atom. The van der Waals surface area contributed by atoms with E-state index in [0.717, 1.165) is 33.6 Å². The lowest BCUT2D eigenvalue weighted by atomic mass is 10.2. The molecule has 1 aliphatic rings. The van der Waals surface area contributed by atoms with E-state index in [4.69, 9.17) is 0 Å². The van der Waals surface area contributed by atoms with Crippen molar-refractivity contribution in [3.05, 3.63) is 77.9 Å². The topological polar surface area (TPSA) is 88.2 Å². The molecule has 1 amide bonds. The summed E-state index contributed by atoms with van der Waals surface area (Å²) in [5, 5.41) is 3.75. The molecule has 0 unspecified atom stereocenters. The van der Waals surface area contributed by atoms with Crippen molar-refractivity contribution in [1.82, 2.24) is 9.71 Å². The molecular weight excluding hydrogens is 442 g/mol. The van der Waals surface area contributed by atoms with Crippen LogP contribution in [-0.2, 0) is 10.0 Å². The van der Waals surface area contributed by atoms with Gasteiger partial charge in [-0.3, -0.25) is 4.79 Å². The third-order valence-electron chi connectivity index (χ3n) is 5.24. The van der Waals surface area contributed by atoms with Gasteiger partial charge in [0.1, 0.15) is 5.01 Å². The van der Waals surface area contributed by atoms with E-state index in [2.05, 4.69) is 28.0 Å². The molecule has 0 bridgehead atoms. The molecule has 0 atom stereocenters. The Labute approximate surface area is 190 Å². The number of benzene rings is 3. The minimum Gasteiger partial charge on any atom is -0.322 e. The SMILES string of the molecule is Cc1ccc2nc(-c3ccc(NC(=O)c4cccc(S(=O)(=O)NC5CC5)c4)cc3)sc2c1. The third kappa shape index (κ3) is 4.43. The number of sulfonamides is 1. The number of fused-ring (bicyclic) bond motifs is 1. The fourth-order valence-electron chi connectivity index (χ4n) is 3.35. The second kappa shape index (κ2) is 8.12. The highest BCUT2D eigenvalue weighted by Gasteiger charge is 2.28. The lowest BCUT2D eigenvalue weighted by Crippen LogP contribution is -2.26. The molecule has 0 spiro atoms. The normalized spacial score (nSPS) is 13.9. The number of rotatable bonds is 6. The number of amides is 1. The minimum atomic E-state index is -3.61. The number of nitrogens with one attached hydrogen (secondary N) is 2. The van der Waals surface area contributed by atoms with Gasteiger partial charge in [-0.25, -0.2) is 18.1 Å². The van der Waals surface area contributed by atoms with E-state index in [1.165, 1.54) is 17.7 Å². The summed E-state index contributed by atoms with van der Waals surface area (Å²) >= 11 is 1.63. The lowest BCUT2D eigenvalue weighted by molar-refractivity contribution is 0.102. The number of aryl methyl sites for hydroxylation is 1. The number of aromatic nitrogens is 1. The van der Waals surface area contributed by atoms with Gasteiger partial charge in [0, 0.05) is 22.9 Å². The summed E-state index contributed by atoms with van der Waals surface area (Å²) in [6.07, 6.45) is 1.71. The Morgan fingerprint density at radius 1 is 1.03 bits per heavy atom. The minimum absolute atomic E-state index is 0.00967. The van der Waals surface area contributed by atoms with Crippen molar-refractivity contribution in [2.45, 2.75) is 30.7 Å². The van der Waals surface area contributed by atoms with E-state index in [1.807, 2.05) is 36.4 Å². The van der Waals surface area contributed by atoms with Crippen LogP contribution < -0.4 is 10.0 Å². The Balaban J connectivity index is 1.32. The summed E-state index contributed by atoms with van der Waals surface area (Å²) in [4.78, 5) is 17.5. The highest BCUT2D eigenvalue weighted by molar-refractivity contribution is 7.89. The third-order valence-corrected chi connectivity index (χ3v) is 7.82. The van der Waals surface area contributed by atoms with Gasteiger partial charge in [0.15, 0.2) is 0 Å². The molecule has 2 N–H and O–H groups in total. The van der Waals surface area contributed by atoms with Gasteiger partial charge in [0.2, 0.25) is 10.0 Å². The summed E-state index contributed by atoms with van der Waals surface area (Å²) in [6.45, 7) is 2.06. The molecule has 4 aromatic rings. The van der Waals surface area contributed by atoms with Gasteiger partial charge in [-0.1, -0.05) is 12.1 Å². The second-order valence-electron chi connectivity index (χ2n) is 7.95. The van der Waals surface area contributed by atoms with Crippen LogP contribution in [-0.4, -0.2) is 25.4 Å². The van der Waals surface area contributed by atoms with Gasteiger partial charge >= 0.3 is 0 Å². The molecule has 1 heterocycles.